The molecule has 20 heavy (non-hydrogen) atoms. The van der Waals surface area contributed by atoms with Gasteiger partial charge in [0, 0.05) is 18.0 Å². The van der Waals surface area contributed by atoms with Gasteiger partial charge in [-0.2, -0.15) is 8.78 Å². The van der Waals surface area contributed by atoms with Crippen molar-refractivity contribution in [2.24, 2.45) is 17.8 Å². The number of hydrogen-bond acceptors (Lipinski definition) is 2. The summed E-state index contributed by atoms with van der Waals surface area (Å²) in [5.41, 5.74) is 0.573. The lowest BCUT2D eigenvalue weighted by atomic mass is 10.0. The van der Waals surface area contributed by atoms with Gasteiger partial charge in [0.2, 0.25) is 5.91 Å². The van der Waals surface area contributed by atoms with Gasteiger partial charge in [0.1, 0.15) is 5.75 Å². The molecule has 2 saturated carbocycles. The number of halogens is 2. The predicted octanol–water partition coefficient (Wildman–Crippen LogP) is 2.95. The van der Waals surface area contributed by atoms with E-state index in [2.05, 4.69) is 10.1 Å². The van der Waals surface area contributed by atoms with Crippen LogP contribution in [0.4, 0.5) is 8.78 Å². The fraction of sp³-hybridized carbons (Fsp3) is 0.533. The Hall–Kier alpha value is -1.65. The van der Waals surface area contributed by atoms with Gasteiger partial charge in [0.05, 0.1) is 0 Å². The van der Waals surface area contributed by atoms with Crippen molar-refractivity contribution in [1.29, 1.82) is 0 Å². The third kappa shape index (κ3) is 2.92. The number of benzene rings is 1. The van der Waals surface area contributed by atoms with Gasteiger partial charge in [0.15, 0.2) is 0 Å². The van der Waals surface area contributed by atoms with Crippen LogP contribution in [-0.4, -0.2) is 12.5 Å². The van der Waals surface area contributed by atoms with Crippen molar-refractivity contribution in [3.8, 4) is 5.75 Å². The third-order valence-corrected chi connectivity index (χ3v) is 4.26. The van der Waals surface area contributed by atoms with Gasteiger partial charge in [0.25, 0.3) is 0 Å². The van der Waals surface area contributed by atoms with Gasteiger partial charge < -0.3 is 10.1 Å². The lowest BCUT2D eigenvalue weighted by Gasteiger charge is -2.14. The van der Waals surface area contributed by atoms with Crippen molar-refractivity contribution in [1.82, 2.24) is 5.32 Å². The Kier molecular flexibility index (Phi) is 3.59. The topological polar surface area (TPSA) is 38.3 Å². The van der Waals surface area contributed by atoms with Crippen molar-refractivity contribution in [3.63, 3.8) is 0 Å². The van der Waals surface area contributed by atoms with Crippen molar-refractivity contribution in [2.45, 2.75) is 32.4 Å². The standard InChI is InChI=1S/C15H17F2NO2/c16-15(17)20-13-4-2-1-3-9(13)8-18-14(19)12-6-10-5-11(10)7-12/h1-4,10-12,15H,5-8H2,(H,18,19). The van der Waals surface area contributed by atoms with Crippen LogP contribution in [0.1, 0.15) is 24.8 Å². The maximum atomic E-state index is 12.3. The molecule has 0 heterocycles. The summed E-state index contributed by atoms with van der Waals surface area (Å²) in [6, 6.07) is 6.54. The second kappa shape index (κ2) is 5.38. The fourth-order valence-corrected chi connectivity index (χ4v) is 3.12. The molecular weight excluding hydrogens is 264 g/mol. The average Bonchev–Trinajstić information content (AvgIpc) is 3.03. The van der Waals surface area contributed by atoms with E-state index in [1.165, 1.54) is 12.5 Å². The first-order chi connectivity index (χ1) is 9.63. The van der Waals surface area contributed by atoms with Crippen LogP contribution in [-0.2, 0) is 11.3 Å². The highest BCUT2D eigenvalue weighted by Gasteiger charge is 2.47. The number of para-hydroxylation sites is 1. The average molecular weight is 281 g/mol. The molecule has 1 aromatic rings. The predicted molar refractivity (Wildman–Crippen MR) is 69.2 cm³/mol. The zero-order valence-corrected chi connectivity index (χ0v) is 11.0. The third-order valence-electron chi connectivity index (χ3n) is 4.26. The van der Waals surface area contributed by atoms with E-state index in [4.69, 9.17) is 0 Å². The highest BCUT2D eigenvalue weighted by molar-refractivity contribution is 5.79. The molecule has 0 aliphatic heterocycles. The summed E-state index contributed by atoms with van der Waals surface area (Å²) in [7, 11) is 0. The molecule has 0 aromatic heterocycles. The Bertz CT molecular complexity index is 496. The SMILES string of the molecule is O=C(NCc1ccccc1OC(F)F)C1CC2CC2C1. The van der Waals surface area contributed by atoms with E-state index in [0.29, 0.717) is 5.56 Å². The molecule has 1 aromatic carbocycles. The molecule has 0 bridgehead atoms. The monoisotopic (exact) mass is 281 g/mol. The molecule has 108 valence electrons. The molecule has 3 nitrogen and oxygen atoms in total. The van der Waals surface area contributed by atoms with E-state index in [9.17, 15) is 13.6 Å². The molecule has 2 aliphatic rings. The summed E-state index contributed by atoms with van der Waals surface area (Å²) < 4.78 is 29.0. The molecule has 2 fully saturated rings. The Morgan fingerprint density at radius 1 is 1.25 bits per heavy atom. The van der Waals surface area contributed by atoms with Gasteiger partial charge in [-0.05, 0) is 37.2 Å². The second-order valence-electron chi connectivity index (χ2n) is 5.63. The second-order valence-corrected chi connectivity index (χ2v) is 5.63. The number of hydrogen-bond donors (Lipinski definition) is 1. The number of carbonyl (C=O) groups is 1. The van der Waals surface area contributed by atoms with Gasteiger partial charge >= 0.3 is 6.61 Å². The maximum Gasteiger partial charge on any atom is 0.387 e. The number of amides is 1. The minimum absolute atomic E-state index is 0.0315. The van der Waals surface area contributed by atoms with E-state index in [1.807, 2.05) is 0 Å². The molecule has 3 rings (SSSR count). The number of ether oxygens (including phenoxy) is 1. The maximum absolute atomic E-state index is 12.3. The molecule has 0 saturated heterocycles. The highest BCUT2D eigenvalue weighted by atomic mass is 19.3. The summed E-state index contributed by atoms with van der Waals surface area (Å²) in [6.45, 7) is -2.62. The molecular formula is C15H17F2NO2. The minimum atomic E-state index is -2.85. The molecule has 2 atom stereocenters. The van der Waals surface area contributed by atoms with Crippen LogP contribution in [0.2, 0.25) is 0 Å². The molecule has 1 N–H and O–H groups in total. The number of rotatable bonds is 5. The molecule has 0 spiro atoms. The van der Waals surface area contributed by atoms with Crippen molar-refractivity contribution < 1.29 is 18.3 Å². The summed E-state index contributed by atoms with van der Waals surface area (Å²) in [5.74, 6) is 1.75. The first-order valence-electron chi connectivity index (χ1n) is 6.94. The van der Waals surface area contributed by atoms with E-state index >= 15 is 0 Å². The summed E-state index contributed by atoms with van der Waals surface area (Å²) in [6.07, 6.45) is 3.23. The van der Waals surface area contributed by atoms with E-state index in [1.54, 1.807) is 18.2 Å². The van der Waals surface area contributed by atoms with E-state index < -0.39 is 6.61 Å². The number of nitrogens with one attached hydrogen (secondary N) is 1. The van der Waals surface area contributed by atoms with E-state index in [0.717, 1.165) is 24.7 Å². The molecule has 1 amide bonds. The van der Waals surface area contributed by atoms with Gasteiger partial charge in [-0.15, -0.1) is 0 Å². The molecule has 0 radical (unpaired) electrons. The zero-order chi connectivity index (χ0) is 14.1. The Balaban J connectivity index is 1.56. The van der Waals surface area contributed by atoms with Crippen LogP contribution in [0.15, 0.2) is 24.3 Å². The van der Waals surface area contributed by atoms with Crippen molar-refractivity contribution in [3.05, 3.63) is 29.8 Å². The minimum Gasteiger partial charge on any atom is -0.434 e. The lowest BCUT2D eigenvalue weighted by molar-refractivity contribution is -0.125. The van der Waals surface area contributed by atoms with Crippen LogP contribution in [0.25, 0.3) is 0 Å². The molecule has 5 heteroatoms. The highest BCUT2D eigenvalue weighted by Crippen LogP contribution is 2.54. The van der Waals surface area contributed by atoms with Crippen LogP contribution < -0.4 is 10.1 Å². The summed E-state index contributed by atoms with van der Waals surface area (Å²) >= 11 is 0. The van der Waals surface area contributed by atoms with Gasteiger partial charge in [-0.1, -0.05) is 18.2 Å². The number of fused-ring (bicyclic) bond motifs is 1. The lowest BCUT2D eigenvalue weighted by Crippen LogP contribution is -2.29. The Labute approximate surface area is 116 Å². The van der Waals surface area contributed by atoms with Crippen molar-refractivity contribution >= 4 is 5.91 Å². The number of carbonyl (C=O) groups excluding carboxylic acids is 1. The summed E-state index contributed by atoms with van der Waals surface area (Å²) in [5, 5.41) is 2.83. The number of alkyl halides is 2. The fourth-order valence-electron chi connectivity index (χ4n) is 3.12. The Morgan fingerprint density at radius 3 is 2.65 bits per heavy atom. The smallest absolute Gasteiger partial charge is 0.387 e. The van der Waals surface area contributed by atoms with Crippen molar-refractivity contribution in [2.75, 3.05) is 0 Å². The molecule has 2 unspecified atom stereocenters. The van der Waals surface area contributed by atoms with Gasteiger partial charge in [-0.25, -0.2) is 0 Å². The first kappa shape index (κ1) is 13.3. The Morgan fingerprint density at radius 2 is 1.95 bits per heavy atom. The molecule has 2 aliphatic carbocycles. The normalized spacial score (nSPS) is 27.2. The van der Waals surface area contributed by atoms with Crippen LogP contribution >= 0.6 is 0 Å². The van der Waals surface area contributed by atoms with Crippen LogP contribution in [0, 0.1) is 17.8 Å². The van der Waals surface area contributed by atoms with Gasteiger partial charge in [-0.3, -0.25) is 4.79 Å². The summed E-state index contributed by atoms with van der Waals surface area (Å²) in [4.78, 5) is 12.0. The largest absolute Gasteiger partial charge is 0.434 e. The van der Waals surface area contributed by atoms with Crippen LogP contribution in [0.3, 0.4) is 0 Å². The zero-order valence-electron chi connectivity index (χ0n) is 11.0. The van der Waals surface area contributed by atoms with Crippen LogP contribution in [0.5, 0.6) is 5.75 Å². The van der Waals surface area contributed by atoms with E-state index in [-0.39, 0.29) is 24.1 Å². The quantitative estimate of drug-likeness (QED) is 0.901. The first-order valence-corrected chi connectivity index (χ1v) is 6.94.